The highest BCUT2D eigenvalue weighted by atomic mass is 16.5. The van der Waals surface area contributed by atoms with Crippen LogP contribution in [0.5, 0.6) is 5.75 Å². The summed E-state index contributed by atoms with van der Waals surface area (Å²) in [6.07, 6.45) is 5.69. The van der Waals surface area contributed by atoms with Crippen LogP contribution < -0.4 is 10.1 Å². The van der Waals surface area contributed by atoms with Crippen molar-refractivity contribution in [2.75, 3.05) is 7.11 Å². The second-order valence-electron chi connectivity index (χ2n) is 7.04. The Hall–Kier alpha value is -3.68. The van der Waals surface area contributed by atoms with Gasteiger partial charge in [-0.2, -0.15) is 0 Å². The van der Waals surface area contributed by atoms with Crippen molar-refractivity contribution in [3.8, 4) is 17.0 Å². The maximum Gasteiger partial charge on any atom is 0.253 e. The number of fused-ring (bicyclic) bond motifs is 1. The fourth-order valence-corrected chi connectivity index (χ4v) is 3.25. The maximum absolute atomic E-state index is 12.5. The first kappa shape index (κ1) is 17.4. The summed E-state index contributed by atoms with van der Waals surface area (Å²) in [6.45, 7) is 0.227. The molecule has 0 spiro atoms. The molecule has 0 radical (unpaired) electrons. The molecule has 0 bridgehead atoms. The molecule has 1 N–H and O–H groups in total. The first-order valence-corrected chi connectivity index (χ1v) is 9.42. The molecule has 1 fully saturated rings. The fourth-order valence-electron chi connectivity index (χ4n) is 3.25. The largest absolute Gasteiger partial charge is 0.497 e. The third kappa shape index (κ3) is 3.44. The highest BCUT2D eigenvalue weighted by molar-refractivity contribution is 5.96. The van der Waals surface area contributed by atoms with Crippen molar-refractivity contribution in [2.24, 2.45) is 0 Å². The number of nitrogens with one attached hydrogen (secondary N) is 1. The lowest BCUT2D eigenvalue weighted by Crippen LogP contribution is -2.22. The van der Waals surface area contributed by atoms with Gasteiger partial charge in [-0.1, -0.05) is 17.3 Å². The van der Waals surface area contributed by atoms with Crippen molar-refractivity contribution in [3.05, 3.63) is 60.2 Å². The van der Waals surface area contributed by atoms with Gasteiger partial charge in [0.2, 0.25) is 0 Å². The zero-order valence-electron chi connectivity index (χ0n) is 15.8. The number of pyridine rings is 1. The van der Waals surface area contributed by atoms with Crippen LogP contribution in [0, 0.1) is 0 Å². The Kier molecular flexibility index (Phi) is 4.23. The topological polar surface area (TPSA) is 95.1 Å². The van der Waals surface area contributed by atoms with E-state index in [2.05, 4.69) is 25.0 Å². The minimum atomic E-state index is -0.236. The van der Waals surface area contributed by atoms with E-state index in [9.17, 15) is 4.79 Å². The Morgan fingerprint density at radius 3 is 3.00 bits per heavy atom. The van der Waals surface area contributed by atoms with E-state index in [1.807, 2.05) is 24.3 Å². The van der Waals surface area contributed by atoms with Crippen LogP contribution >= 0.6 is 0 Å². The quantitative estimate of drug-likeness (QED) is 0.543. The molecular formula is C21H19N5O3. The smallest absolute Gasteiger partial charge is 0.253 e. The highest BCUT2D eigenvalue weighted by Crippen LogP contribution is 2.36. The second-order valence-corrected chi connectivity index (χ2v) is 7.04. The molecule has 8 heteroatoms. The van der Waals surface area contributed by atoms with Gasteiger partial charge in [0.25, 0.3) is 5.91 Å². The number of nitrogens with zero attached hydrogens (tertiary/aromatic N) is 4. The summed E-state index contributed by atoms with van der Waals surface area (Å²) < 4.78 is 12.7. The van der Waals surface area contributed by atoms with Crippen LogP contribution in [0.25, 0.3) is 22.4 Å². The maximum atomic E-state index is 12.5. The van der Waals surface area contributed by atoms with Crippen molar-refractivity contribution in [1.82, 2.24) is 25.0 Å². The number of methoxy groups -OCH3 is 1. The average molecular weight is 389 g/mol. The lowest BCUT2D eigenvalue weighted by Gasteiger charge is -2.03. The summed E-state index contributed by atoms with van der Waals surface area (Å²) in [4.78, 5) is 21.3. The van der Waals surface area contributed by atoms with Gasteiger partial charge in [-0.05, 0) is 31.0 Å². The van der Waals surface area contributed by atoms with E-state index in [1.165, 1.54) is 0 Å². The molecule has 0 unspecified atom stereocenters. The SMILES string of the molecule is COc1cccc(-c2cc(CNC(=O)c3cnc4c(c3)ncn4C3CC3)on2)c1. The van der Waals surface area contributed by atoms with Crippen LogP contribution in [-0.2, 0) is 6.54 Å². The molecule has 4 aromatic rings. The van der Waals surface area contributed by atoms with Crippen LogP contribution in [0.1, 0.15) is 35.0 Å². The summed E-state index contributed by atoms with van der Waals surface area (Å²) in [5, 5.41) is 6.91. The molecule has 1 amide bonds. The Morgan fingerprint density at radius 1 is 1.28 bits per heavy atom. The third-order valence-corrected chi connectivity index (χ3v) is 4.96. The fraction of sp³-hybridized carbons (Fsp3) is 0.238. The number of amides is 1. The number of carbonyl (C=O) groups is 1. The van der Waals surface area contributed by atoms with Gasteiger partial charge in [-0.3, -0.25) is 4.79 Å². The van der Waals surface area contributed by atoms with Gasteiger partial charge in [0.15, 0.2) is 11.4 Å². The van der Waals surface area contributed by atoms with Crippen LogP contribution in [0.4, 0.5) is 0 Å². The predicted molar refractivity (Wildman–Crippen MR) is 105 cm³/mol. The lowest BCUT2D eigenvalue weighted by molar-refractivity contribution is 0.0947. The van der Waals surface area contributed by atoms with Gasteiger partial charge < -0.3 is 19.1 Å². The van der Waals surface area contributed by atoms with E-state index in [4.69, 9.17) is 9.26 Å². The van der Waals surface area contributed by atoms with E-state index in [-0.39, 0.29) is 12.5 Å². The molecule has 0 atom stereocenters. The van der Waals surface area contributed by atoms with Crippen LogP contribution in [0.2, 0.25) is 0 Å². The first-order valence-electron chi connectivity index (χ1n) is 9.42. The van der Waals surface area contributed by atoms with Crippen molar-refractivity contribution < 1.29 is 14.1 Å². The number of imidazole rings is 1. The number of carbonyl (C=O) groups excluding carboxylic acids is 1. The predicted octanol–water partition coefficient (Wildman–Crippen LogP) is 3.36. The summed E-state index contributed by atoms with van der Waals surface area (Å²) in [5.74, 6) is 1.07. The van der Waals surface area contributed by atoms with Gasteiger partial charge >= 0.3 is 0 Å². The number of hydrogen-bond donors (Lipinski definition) is 1. The molecule has 3 aromatic heterocycles. The number of rotatable bonds is 6. The number of ether oxygens (including phenoxy) is 1. The summed E-state index contributed by atoms with van der Waals surface area (Å²) in [5.41, 5.74) is 3.58. The highest BCUT2D eigenvalue weighted by Gasteiger charge is 2.25. The molecule has 1 aromatic carbocycles. The Labute approximate surface area is 166 Å². The van der Waals surface area contributed by atoms with E-state index in [1.54, 1.807) is 31.8 Å². The Morgan fingerprint density at radius 2 is 2.17 bits per heavy atom. The molecule has 29 heavy (non-hydrogen) atoms. The molecule has 1 aliphatic rings. The second kappa shape index (κ2) is 7.05. The summed E-state index contributed by atoms with van der Waals surface area (Å²) >= 11 is 0. The molecule has 1 saturated carbocycles. The van der Waals surface area contributed by atoms with Gasteiger partial charge in [0.05, 0.1) is 25.5 Å². The molecule has 0 aliphatic heterocycles. The van der Waals surface area contributed by atoms with Gasteiger partial charge in [-0.15, -0.1) is 0 Å². The molecule has 8 nitrogen and oxygen atoms in total. The molecule has 5 rings (SSSR count). The minimum Gasteiger partial charge on any atom is -0.497 e. The van der Waals surface area contributed by atoms with Crippen LogP contribution in [0.3, 0.4) is 0 Å². The Bertz CT molecular complexity index is 1190. The summed E-state index contributed by atoms with van der Waals surface area (Å²) in [7, 11) is 1.62. The van der Waals surface area contributed by atoms with Crippen molar-refractivity contribution >= 4 is 17.1 Å². The molecule has 0 saturated heterocycles. The van der Waals surface area contributed by atoms with E-state index in [0.29, 0.717) is 23.1 Å². The standard InChI is InChI=1S/C21H19N5O3/c1-28-16-4-2-3-13(7-16)18-9-17(29-25-18)11-23-21(27)14-8-19-20(22-10-14)26(12-24-19)15-5-6-15/h2-4,7-10,12,15H,5-6,11H2,1H3,(H,23,27). The van der Waals surface area contributed by atoms with Gasteiger partial charge in [0.1, 0.15) is 17.0 Å². The molecular weight excluding hydrogens is 370 g/mol. The summed E-state index contributed by atoms with van der Waals surface area (Å²) in [6, 6.07) is 11.6. The van der Waals surface area contributed by atoms with Crippen molar-refractivity contribution in [1.29, 1.82) is 0 Å². The molecule has 1 aliphatic carbocycles. The van der Waals surface area contributed by atoms with Crippen LogP contribution in [-0.4, -0.2) is 32.7 Å². The first-order chi connectivity index (χ1) is 14.2. The minimum absolute atomic E-state index is 0.227. The van der Waals surface area contributed by atoms with E-state index >= 15 is 0 Å². The number of hydrogen-bond acceptors (Lipinski definition) is 6. The van der Waals surface area contributed by atoms with E-state index in [0.717, 1.165) is 35.3 Å². The van der Waals surface area contributed by atoms with Crippen molar-refractivity contribution in [2.45, 2.75) is 25.4 Å². The third-order valence-electron chi connectivity index (χ3n) is 4.96. The zero-order chi connectivity index (χ0) is 19.8. The zero-order valence-corrected chi connectivity index (χ0v) is 15.8. The van der Waals surface area contributed by atoms with E-state index < -0.39 is 0 Å². The normalized spacial score (nSPS) is 13.6. The van der Waals surface area contributed by atoms with Crippen molar-refractivity contribution in [3.63, 3.8) is 0 Å². The lowest BCUT2D eigenvalue weighted by atomic mass is 10.1. The molecule has 3 heterocycles. The van der Waals surface area contributed by atoms with Gasteiger partial charge in [0, 0.05) is 23.9 Å². The average Bonchev–Trinajstić information content (AvgIpc) is 3.34. The number of aromatic nitrogens is 4. The van der Waals surface area contributed by atoms with Crippen LogP contribution in [0.15, 0.2) is 53.4 Å². The Balaban J connectivity index is 1.27. The monoisotopic (exact) mass is 389 g/mol. The molecule has 146 valence electrons. The van der Waals surface area contributed by atoms with Gasteiger partial charge in [-0.25, -0.2) is 9.97 Å². The number of benzene rings is 1.